The van der Waals surface area contributed by atoms with Crippen molar-refractivity contribution in [2.24, 2.45) is 0 Å². The van der Waals surface area contributed by atoms with Gasteiger partial charge in [-0.1, -0.05) is 42.5 Å². The summed E-state index contributed by atoms with van der Waals surface area (Å²) in [5.41, 5.74) is 2.87. The van der Waals surface area contributed by atoms with Crippen molar-refractivity contribution in [3.8, 4) is 11.3 Å². The predicted molar refractivity (Wildman–Crippen MR) is 75.1 cm³/mol. The molecule has 0 spiro atoms. The number of rotatable bonds is 1. The molecule has 0 saturated heterocycles. The van der Waals surface area contributed by atoms with Crippen LogP contribution in [0.5, 0.6) is 0 Å². The van der Waals surface area contributed by atoms with E-state index < -0.39 is 0 Å². The van der Waals surface area contributed by atoms with E-state index in [0.717, 1.165) is 0 Å². The van der Waals surface area contributed by atoms with Crippen LogP contribution in [-0.2, 0) is 0 Å². The first-order chi connectivity index (χ1) is 10.3. The van der Waals surface area contributed by atoms with Crippen LogP contribution in [0.4, 0.5) is 0 Å². The molecule has 0 aliphatic heterocycles. The molecule has 0 bridgehead atoms. The van der Waals surface area contributed by atoms with Crippen molar-refractivity contribution < 1.29 is 9.59 Å². The fourth-order valence-electron chi connectivity index (χ4n) is 2.69. The molecule has 1 heterocycles. The van der Waals surface area contributed by atoms with Crippen LogP contribution in [0.2, 0.25) is 0 Å². The number of ketones is 2. The maximum atomic E-state index is 12.8. The van der Waals surface area contributed by atoms with Crippen LogP contribution in [0.3, 0.4) is 0 Å². The molecule has 5 heteroatoms. The van der Waals surface area contributed by atoms with Crippen molar-refractivity contribution in [1.82, 2.24) is 15.4 Å². The minimum absolute atomic E-state index is 0.134. The van der Waals surface area contributed by atoms with Crippen molar-refractivity contribution in [3.05, 3.63) is 70.9 Å². The molecule has 100 valence electrons. The number of hydrogen-bond donors (Lipinski definition) is 1. The number of H-pyrrole nitrogens is 1. The second-order valence-electron chi connectivity index (χ2n) is 4.79. The molecule has 4 rings (SSSR count). The summed E-state index contributed by atoms with van der Waals surface area (Å²) in [6.07, 6.45) is 1.54. The van der Waals surface area contributed by atoms with Gasteiger partial charge < -0.3 is 0 Å². The van der Waals surface area contributed by atoms with E-state index in [1.54, 1.807) is 42.5 Å². The molecule has 0 saturated carbocycles. The number of carbonyl (C=O) groups is 2. The van der Waals surface area contributed by atoms with Gasteiger partial charge >= 0.3 is 0 Å². The highest BCUT2D eigenvalue weighted by Crippen LogP contribution is 2.33. The lowest BCUT2D eigenvalue weighted by Gasteiger charge is -2.19. The molecule has 0 radical (unpaired) electrons. The Hall–Kier alpha value is -3.08. The molecule has 0 atom stereocenters. The van der Waals surface area contributed by atoms with Gasteiger partial charge in [-0.2, -0.15) is 15.4 Å². The minimum Gasteiger partial charge on any atom is -0.289 e. The average Bonchev–Trinajstić information content (AvgIpc) is 3.06. The van der Waals surface area contributed by atoms with E-state index in [-0.39, 0.29) is 11.6 Å². The topological polar surface area (TPSA) is 75.7 Å². The maximum absolute atomic E-state index is 12.8. The summed E-state index contributed by atoms with van der Waals surface area (Å²) in [4.78, 5) is 25.3. The average molecular weight is 275 g/mol. The molecule has 21 heavy (non-hydrogen) atoms. The molecule has 1 aliphatic rings. The van der Waals surface area contributed by atoms with Gasteiger partial charge in [-0.15, -0.1) is 0 Å². The molecule has 5 nitrogen and oxygen atoms in total. The summed E-state index contributed by atoms with van der Waals surface area (Å²) in [7, 11) is 0. The summed E-state index contributed by atoms with van der Waals surface area (Å²) < 4.78 is 0. The molecule has 0 unspecified atom stereocenters. The molecule has 3 aromatic rings. The first-order valence-corrected chi connectivity index (χ1v) is 6.45. The number of aromatic nitrogens is 3. The van der Waals surface area contributed by atoms with Gasteiger partial charge in [0.2, 0.25) is 0 Å². The van der Waals surface area contributed by atoms with Gasteiger partial charge in [0.1, 0.15) is 5.69 Å². The summed E-state index contributed by atoms with van der Waals surface area (Å²) in [6.45, 7) is 0. The van der Waals surface area contributed by atoms with Crippen LogP contribution in [0.1, 0.15) is 31.8 Å². The monoisotopic (exact) mass is 275 g/mol. The quantitative estimate of drug-likeness (QED) is 0.578. The molecule has 2 aromatic carbocycles. The van der Waals surface area contributed by atoms with Crippen LogP contribution in [0.15, 0.2) is 48.7 Å². The second kappa shape index (κ2) is 4.21. The van der Waals surface area contributed by atoms with Gasteiger partial charge in [0, 0.05) is 27.8 Å². The second-order valence-corrected chi connectivity index (χ2v) is 4.79. The van der Waals surface area contributed by atoms with Crippen LogP contribution < -0.4 is 0 Å². The van der Waals surface area contributed by atoms with Crippen LogP contribution >= 0.6 is 0 Å². The number of hydrogen-bond acceptors (Lipinski definition) is 4. The lowest BCUT2D eigenvalue weighted by atomic mass is 9.81. The number of carbonyl (C=O) groups excluding carboxylic acids is 2. The zero-order valence-corrected chi connectivity index (χ0v) is 10.8. The normalized spacial score (nSPS) is 13.0. The van der Waals surface area contributed by atoms with Gasteiger partial charge in [-0.25, -0.2) is 0 Å². The minimum atomic E-state index is -0.154. The fourth-order valence-corrected chi connectivity index (χ4v) is 2.69. The van der Waals surface area contributed by atoms with Crippen molar-refractivity contribution >= 4 is 11.6 Å². The van der Waals surface area contributed by atoms with E-state index in [1.165, 1.54) is 6.20 Å². The highest BCUT2D eigenvalue weighted by Gasteiger charge is 2.31. The third kappa shape index (κ3) is 1.57. The Morgan fingerprint density at radius 2 is 1.43 bits per heavy atom. The van der Waals surface area contributed by atoms with E-state index in [4.69, 9.17) is 0 Å². The smallest absolute Gasteiger partial charge is 0.195 e. The number of benzene rings is 2. The molecular formula is C16H9N3O2. The molecule has 1 aliphatic carbocycles. The Bertz CT molecular complexity index is 882. The standard InChI is InChI=1S/C16H9N3O2/c20-15-9-4-1-2-5-10(9)16(21)14-11(6-3-7-12(14)15)13-8-17-19-18-13/h1-8H,(H,17,18,19). The number of nitrogens with one attached hydrogen (secondary N) is 1. The van der Waals surface area contributed by atoms with Gasteiger partial charge in [0.05, 0.1) is 6.20 Å². The van der Waals surface area contributed by atoms with Gasteiger partial charge in [0.15, 0.2) is 11.6 Å². The summed E-state index contributed by atoms with van der Waals surface area (Å²) in [5, 5.41) is 10.3. The Balaban J connectivity index is 2.04. The number of nitrogens with zero attached hydrogens (tertiary/aromatic N) is 2. The molecular weight excluding hydrogens is 266 g/mol. The van der Waals surface area contributed by atoms with Crippen molar-refractivity contribution in [3.63, 3.8) is 0 Å². The Morgan fingerprint density at radius 3 is 2.14 bits per heavy atom. The summed E-state index contributed by atoms with van der Waals surface area (Å²) >= 11 is 0. The maximum Gasteiger partial charge on any atom is 0.195 e. The lowest BCUT2D eigenvalue weighted by Crippen LogP contribution is -2.21. The first kappa shape index (κ1) is 11.7. The van der Waals surface area contributed by atoms with E-state index in [2.05, 4.69) is 15.4 Å². The number of aromatic amines is 1. The Morgan fingerprint density at radius 1 is 0.762 bits per heavy atom. The predicted octanol–water partition coefficient (Wildman–Crippen LogP) is 2.25. The Kier molecular flexibility index (Phi) is 2.35. The SMILES string of the molecule is O=C1c2ccccc2C(=O)c2c1cccc2-c1cn[nH]n1. The number of fused-ring (bicyclic) bond motifs is 2. The Labute approximate surface area is 119 Å². The highest BCUT2D eigenvalue weighted by molar-refractivity contribution is 6.30. The van der Waals surface area contributed by atoms with E-state index in [9.17, 15) is 9.59 Å². The van der Waals surface area contributed by atoms with Crippen molar-refractivity contribution in [2.45, 2.75) is 0 Å². The zero-order chi connectivity index (χ0) is 14.4. The first-order valence-electron chi connectivity index (χ1n) is 6.45. The largest absolute Gasteiger partial charge is 0.289 e. The van der Waals surface area contributed by atoms with Crippen LogP contribution in [0, 0.1) is 0 Å². The van der Waals surface area contributed by atoms with E-state index >= 15 is 0 Å². The summed E-state index contributed by atoms with van der Waals surface area (Å²) in [5.74, 6) is -0.288. The van der Waals surface area contributed by atoms with Crippen molar-refractivity contribution in [2.75, 3.05) is 0 Å². The van der Waals surface area contributed by atoms with Gasteiger partial charge in [-0.05, 0) is 0 Å². The summed E-state index contributed by atoms with van der Waals surface area (Å²) in [6, 6.07) is 12.1. The molecule has 1 aromatic heterocycles. The van der Waals surface area contributed by atoms with Gasteiger partial charge in [0.25, 0.3) is 0 Å². The van der Waals surface area contributed by atoms with Gasteiger partial charge in [-0.3, -0.25) is 9.59 Å². The lowest BCUT2D eigenvalue weighted by molar-refractivity contribution is 0.0979. The van der Waals surface area contributed by atoms with Crippen molar-refractivity contribution in [1.29, 1.82) is 0 Å². The molecule has 0 amide bonds. The third-order valence-corrected chi connectivity index (χ3v) is 3.64. The van der Waals surface area contributed by atoms with Crippen LogP contribution in [-0.4, -0.2) is 27.0 Å². The van der Waals surface area contributed by atoms with E-state index in [1.807, 2.05) is 0 Å². The highest BCUT2D eigenvalue weighted by atomic mass is 16.1. The zero-order valence-electron chi connectivity index (χ0n) is 10.8. The van der Waals surface area contributed by atoms with Crippen LogP contribution in [0.25, 0.3) is 11.3 Å². The van der Waals surface area contributed by atoms with E-state index in [0.29, 0.717) is 33.5 Å². The molecule has 0 fully saturated rings. The fraction of sp³-hybridized carbons (Fsp3) is 0. The third-order valence-electron chi connectivity index (χ3n) is 3.64. The molecule has 1 N–H and O–H groups in total.